The Hall–Kier alpha value is -0.690. The van der Waals surface area contributed by atoms with Gasteiger partial charge in [-0.3, -0.25) is 9.69 Å². The summed E-state index contributed by atoms with van der Waals surface area (Å²) in [5, 5.41) is 2.76. The monoisotopic (exact) mass is 233 g/mol. The fourth-order valence-corrected chi connectivity index (χ4v) is 1.22. The highest BCUT2D eigenvalue weighted by molar-refractivity contribution is 5.77. The zero-order chi connectivity index (χ0) is 12.2. The van der Waals surface area contributed by atoms with Crippen LogP contribution in [-0.4, -0.2) is 71.0 Å². The Balaban J connectivity index is 3.73. The summed E-state index contributed by atoms with van der Waals surface area (Å²) >= 11 is 0. The number of rotatable bonds is 10. The fraction of sp³-hybridized carbons (Fsp3) is 0.900. The number of amides is 1. The minimum atomic E-state index is -0.0124. The fourth-order valence-electron chi connectivity index (χ4n) is 1.22. The van der Waals surface area contributed by atoms with Gasteiger partial charge in [-0.05, 0) is 0 Å². The van der Waals surface area contributed by atoms with Crippen molar-refractivity contribution in [3.05, 3.63) is 0 Å². The van der Waals surface area contributed by atoms with E-state index in [0.717, 1.165) is 0 Å². The molecular weight excluding hydrogens is 210 g/mol. The number of methoxy groups -OCH3 is 2. The Labute approximate surface area is 97.1 Å². The van der Waals surface area contributed by atoms with E-state index in [0.29, 0.717) is 45.9 Å². The first-order chi connectivity index (χ1) is 7.74. The lowest BCUT2D eigenvalue weighted by Gasteiger charge is -2.20. The van der Waals surface area contributed by atoms with Crippen molar-refractivity contribution in [2.45, 2.75) is 0 Å². The third-order valence-electron chi connectivity index (χ3n) is 2.05. The van der Waals surface area contributed by atoms with Gasteiger partial charge in [0.15, 0.2) is 0 Å². The molecule has 0 atom stereocenters. The Morgan fingerprint density at radius 1 is 1.25 bits per heavy atom. The Morgan fingerprint density at radius 3 is 2.50 bits per heavy atom. The smallest absolute Gasteiger partial charge is 0.234 e. The van der Waals surface area contributed by atoms with Crippen molar-refractivity contribution in [2.24, 2.45) is 5.73 Å². The molecule has 0 aromatic carbocycles. The van der Waals surface area contributed by atoms with Gasteiger partial charge in [0.2, 0.25) is 5.91 Å². The Kier molecular flexibility index (Phi) is 10.3. The van der Waals surface area contributed by atoms with Gasteiger partial charge >= 0.3 is 0 Å². The molecular formula is C10H23N3O3. The first kappa shape index (κ1) is 15.3. The molecule has 0 aliphatic carbocycles. The number of carbonyl (C=O) groups is 1. The topological polar surface area (TPSA) is 76.8 Å². The minimum absolute atomic E-state index is 0.0124. The Bertz CT molecular complexity index is 179. The Morgan fingerprint density at radius 2 is 1.94 bits per heavy atom. The molecule has 6 heteroatoms. The lowest BCUT2D eigenvalue weighted by Crippen LogP contribution is -2.41. The number of hydrogen-bond acceptors (Lipinski definition) is 5. The molecule has 3 N–H and O–H groups in total. The molecule has 6 nitrogen and oxygen atoms in total. The van der Waals surface area contributed by atoms with Crippen molar-refractivity contribution < 1.29 is 14.3 Å². The molecule has 0 spiro atoms. The molecule has 0 saturated carbocycles. The molecule has 0 aliphatic heterocycles. The van der Waals surface area contributed by atoms with Crippen molar-refractivity contribution >= 4 is 5.91 Å². The summed E-state index contributed by atoms with van der Waals surface area (Å²) in [4.78, 5) is 13.4. The molecule has 0 fully saturated rings. The van der Waals surface area contributed by atoms with E-state index in [1.807, 2.05) is 4.90 Å². The molecule has 0 saturated heterocycles. The van der Waals surface area contributed by atoms with E-state index in [9.17, 15) is 4.79 Å². The van der Waals surface area contributed by atoms with Crippen molar-refractivity contribution in [3.63, 3.8) is 0 Å². The molecule has 0 aromatic heterocycles. The standard InChI is InChI=1S/C10H23N3O3/c1-15-7-4-12-10(14)9-13(5-3-11)6-8-16-2/h3-9,11H2,1-2H3,(H,12,14). The van der Waals surface area contributed by atoms with Gasteiger partial charge in [-0.1, -0.05) is 0 Å². The normalized spacial score (nSPS) is 10.8. The lowest BCUT2D eigenvalue weighted by molar-refractivity contribution is -0.122. The highest BCUT2D eigenvalue weighted by atomic mass is 16.5. The van der Waals surface area contributed by atoms with Gasteiger partial charge in [-0.15, -0.1) is 0 Å². The molecule has 96 valence electrons. The van der Waals surface area contributed by atoms with Crippen LogP contribution >= 0.6 is 0 Å². The van der Waals surface area contributed by atoms with Gasteiger partial charge in [0.05, 0.1) is 19.8 Å². The summed E-state index contributed by atoms with van der Waals surface area (Å²) in [5.41, 5.74) is 5.46. The van der Waals surface area contributed by atoms with Gasteiger partial charge in [0, 0.05) is 40.4 Å². The van der Waals surface area contributed by atoms with E-state index < -0.39 is 0 Å². The van der Waals surface area contributed by atoms with Crippen molar-refractivity contribution in [1.82, 2.24) is 10.2 Å². The van der Waals surface area contributed by atoms with Gasteiger partial charge in [-0.25, -0.2) is 0 Å². The minimum Gasteiger partial charge on any atom is -0.383 e. The van der Waals surface area contributed by atoms with Crippen molar-refractivity contribution in [1.29, 1.82) is 0 Å². The van der Waals surface area contributed by atoms with Crippen LogP contribution in [-0.2, 0) is 14.3 Å². The molecule has 0 aliphatic rings. The van der Waals surface area contributed by atoms with E-state index in [1.165, 1.54) is 0 Å². The maximum Gasteiger partial charge on any atom is 0.234 e. The lowest BCUT2D eigenvalue weighted by atomic mass is 10.4. The average Bonchev–Trinajstić information content (AvgIpc) is 2.26. The number of carbonyl (C=O) groups excluding carboxylic acids is 1. The van der Waals surface area contributed by atoms with Crippen LogP contribution in [0.2, 0.25) is 0 Å². The van der Waals surface area contributed by atoms with Crippen molar-refractivity contribution in [3.8, 4) is 0 Å². The number of nitrogens with one attached hydrogen (secondary N) is 1. The number of nitrogens with two attached hydrogens (primary N) is 1. The first-order valence-corrected chi connectivity index (χ1v) is 5.41. The summed E-state index contributed by atoms with van der Waals surface area (Å²) in [6, 6.07) is 0. The maximum atomic E-state index is 11.5. The van der Waals surface area contributed by atoms with E-state index >= 15 is 0 Å². The second-order valence-electron chi connectivity index (χ2n) is 3.40. The molecule has 0 bridgehead atoms. The van der Waals surface area contributed by atoms with E-state index in [4.69, 9.17) is 15.2 Å². The second kappa shape index (κ2) is 10.8. The maximum absolute atomic E-state index is 11.5. The van der Waals surface area contributed by atoms with Gasteiger partial charge in [-0.2, -0.15) is 0 Å². The number of nitrogens with zero attached hydrogens (tertiary/aromatic N) is 1. The molecule has 1 amide bonds. The van der Waals surface area contributed by atoms with E-state index in [-0.39, 0.29) is 5.91 Å². The summed E-state index contributed by atoms with van der Waals surface area (Å²) in [7, 11) is 3.24. The second-order valence-corrected chi connectivity index (χ2v) is 3.40. The van der Waals surface area contributed by atoms with E-state index in [2.05, 4.69) is 5.32 Å². The van der Waals surface area contributed by atoms with E-state index in [1.54, 1.807) is 14.2 Å². The number of ether oxygens (including phenoxy) is 2. The van der Waals surface area contributed by atoms with Crippen LogP contribution in [0.15, 0.2) is 0 Å². The largest absolute Gasteiger partial charge is 0.383 e. The van der Waals surface area contributed by atoms with Crippen LogP contribution in [0.5, 0.6) is 0 Å². The quantitative estimate of drug-likeness (QED) is 0.457. The molecule has 0 radical (unpaired) electrons. The number of hydrogen-bond donors (Lipinski definition) is 2. The molecule has 0 aromatic rings. The first-order valence-electron chi connectivity index (χ1n) is 5.41. The highest BCUT2D eigenvalue weighted by Gasteiger charge is 2.08. The van der Waals surface area contributed by atoms with Crippen LogP contribution in [0.25, 0.3) is 0 Å². The van der Waals surface area contributed by atoms with Crippen LogP contribution in [0.4, 0.5) is 0 Å². The molecule has 16 heavy (non-hydrogen) atoms. The third-order valence-corrected chi connectivity index (χ3v) is 2.05. The average molecular weight is 233 g/mol. The summed E-state index contributed by atoms with van der Waals surface area (Å²) in [6.07, 6.45) is 0. The van der Waals surface area contributed by atoms with Crippen LogP contribution in [0.1, 0.15) is 0 Å². The van der Waals surface area contributed by atoms with Gasteiger partial charge in [0.25, 0.3) is 0 Å². The SMILES string of the molecule is COCCNC(=O)CN(CCN)CCOC. The van der Waals surface area contributed by atoms with Gasteiger partial charge < -0.3 is 20.5 Å². The molecule has 0 unspecified atom stereocenters. The summed E-state index contributed by atoms with van der Waals surface area (Å²) in [6.45, 7) is 3.97. The molecule has 0 rings (SSSR count). The van der Waals surface area contributed by atoms with Crippen LogP contribution in [0, 0.1) is 0 Å². The molecule has 0 heterocycles. The van der Waals surface area contributed by atoms with Crippen molar-refractivity contribution in [2.75, 3.05) is 60.2 Å². The predicted molar refractivity (Wildman–Crippen MR) is 62.3 cm³/mol. The highest BCUT2D eigenvalue weighted by Crippen LogP contribution is 1.87. The summed E-state index contributed by atoms with van der Waals surface area (Å²) < 4.78 is 9.81. The zero-order valence-corrected chi connectivity index (χ0v) is 10.2. The third kappa shape index (κ3) is 8.60. The van der Waals surface area contributed by atoms with Crippen LogP contribution in [0.3, 0.4) is 0 Å². The predicted octanol–water partition coefficient (Wildman–Crippen LogP) is -1.34. The van der Waals surface area contributed by atoms with Crippen LogP contribution < -0.4 is 11.1 Å². The summed E-state index contributed by atoms with van der Waals surface area (Å²) in [5.74, 6) is -0.0124. The van der Waals surface area contributed by atoms with Gasteiger partial charge in [0.1, 0.15) is 0 Å². The zero-order valence-electron chi connectivity index (χ0n) is 10.2.